The predicted octanol–water partition coefficient (Wildman–Crippen LogP) is 3.59. The van der Waals surface area contributed by atoms with Crippen molar-refractivity contribution in [2.45, 2.75) is 57.9 Å². The van der Waals surface area contributed by atoms with Crippen LogP contribution in [0.25, 0.3) is 0 Å². The van der Waals surface area contributed by atoms with E-state index in [0.717, 1.165) is 45.1 Å². The summed E-state index contributed by atoms with van der Waals surface area (Å²) in [6, 6.07) is 0. The Morgan fingerprint density at radius 3 is 2.63 bits per heavy atom. The van der Waals surface area contributed by atoms with Gasteiger partial charge in [0.15, 0.2) is 0 Å². The molecule has 4 fully saturated rings. The zero-order valence-corrected chi connectivity index (χ0v) is 16.7. The van der Waals surface area contributed by atoms with Crippen LogP contribution in [0.5, 0.6) is 0 Å². The standard InChI is InChI=1S/C20H28ClN3O3/c1-11(2)3-4-22-15-10-23-24(18(25)17(15)21)20-8-12-5-13(9-20)7-14(6-12)16(20)19(26)27/h10-14,16,22H,3-9H2,1-2H3,(H,26,27)/t12-,13-,14?,16-,20?/m0/s1. The summed E-state index contributed by atoms with van der Waals surface area (Å²) < 4.78 is 1.44. The van der Waals surface area contributed by atoms with Gasteiger partial charge < -0.3 is 10.4 Å². The van der Waals surface area contributed by atoms with Crippen molar-refractivity contribution in [1.82, 2.24) is 9.78 Å². The number of nitrogens with one attached hydrogen (secondary N) is 1. The van der Waals surface area contributed by atoms with Gasteiger partial charge in [-0.15, -0.1) is 0 Å². The number of hydrogen-bond acceptors (Lipinski definition) is 4. The summed E-state index contributed by atoms with van der Waals surface area (Å²) in [7, 11) is 0. The minimum Gasteiger partial charge on any atom is -0.481 e. The highest BCUT2D eigenvalue weighted by atomic mass is 35.5. The van der Waals surface area contributed by atoms with E-state index in [0.29, 0.717) is 23.4 Å². The molecule has 5 rings (SSSR count). The number of aliphatic carboxylic acids is 1. The summed E-state index contributed by atoms with van der Waals surface area (Å²) in [5.74, 6) is 0.330. The number of hydrogen-bond donors (Lipinski definition) is 2. The van der Waals surface area contributed by atoms with E-state index in [1.54, 1.807) is 6.20 Å². The Bertz CT molecular complexity index is 792. The van der Waals surface area contributed by atoms with Gasteiger partial charge in [0, 0.05) is 6.54 Å². The number of carboxylic acids is 1. The minimum absolute atomic E-state index is 0.119. The number of carboxylic acid groups (broad SMARTS) is 1. The summed E-state index contributed by atoms with van der Waals surface area (Å²) in [6.07, 6.45) is 7.10. The molecule has 2 N–H and O–H groups in total. The summed E-state index contributed by atoms with van der Waals surface area (Å²) in [6.45, 7) is 4.99. The topological polar surface area (TPSA) is 84.2 Å². The third-order valence-corrected chi connectivity index (χ3v) is 7.28. The molecule has 6 nitrogen and oxygen atoms in total. The summed E-state index contributed by atoms with van der Waals surface area (Å²) in [5, 5.41) is 17.7. The van der Waals surface area contributed by atoms with Crippen molar-refractivity contribution >= 4 is 23.3 Å². The molecule has 4 aliphatic rings. The van der Waals surface area contributed by atoms with Crippen molar-refractivity contribution in [1.29, 1.82) is 0 Å². The Labute approximate surface area is 164 Å². The lowest BCUT2D eigenvalue weighted by Gasteiger charge is -2.59. The molecule has 0 amide bonds. The average molecular weight is 394 g/mol. The van der Waals surface area contributed by atoms with Crippen LogP contribution in [0.4, 0.5) is 5.69 Å². The Balaban J connectivity index is 1.70. The molecular formula is C20H28ClN3O3. The third kappa shape index (κ3) is 3.06. The zero-order chi connectivity index (χ0) is 19.3. The van der Waals surface area contributed by atoms with Crippen LogP contribution in [0.2, 0.25) is 5.02 Å². The lowest BCUT2D eigenvalue weighted by atomic mass is 9.48. The highest BCUT2D eigenvalue weighted by molar-refractivity contribution is 6.32. The number of aromatic nitrogens is 2. The molecule has 7 heteroatoms. The largest absolute Gasteiger partial charge is 0.481 e. The fourth-order valence-corrected chi connectivity index (χ4v) is 6.30. The fraction of sp³-hybridized carbons (Fsp3) is 0.750. The molecule has 148 valence electrons. The highest BCUT2D eigenvalue weighted by Gasteiger charge is 2.61. The SMILES string of the molecule is CC(C)CCNc1cnn(C23C[C@@H]4CC(C[C@H](C4)C2)[C@H]3C(=O)O)c(=O)c1Cl. The maximum Gasteiger partial charge on any atom is 0.309 e. The monoisotopic (exact) mass is 393 g/mol. The van der Waals surface area contributed by atoms with Crippen molar-refractivity contribution in [2.24, 2.45) is 29.6 Å². The lowest BCUT2D eigenvalue weighted by molar-refractivity contribution is -0.168. The molecule has 0 spiro atoms. The predicted molar refractivity (Wildman–Crippen MR) is 104 cm³/mol. The Morgan fingerprint density at radius 2 is 2.04 bits per heavy atom. The first-order chi connectivity index (χ1) is 12.8. The molecule has 0 unspecified atom stereocenters. The summed E-state index contributed by atoms with van der Waals surface area (Å²) in [5.41, 5.74) is -0.549. The molecule has 1 aromatic rings. The summed E-state index contributed by atoms with van der Waals surface area (Å²) in [4.78, 5) is 25.3. The van der Waals surface area contributed by atoms with Crippen LogP contribution in [0, 0.1) is 29.6 Å². The Hall–Kier alpha value is -1.56. The number of halogens is 1. The molecule has 27 heavy (non-hydrogen) atoms. The van der Waals surface area contributed by atoms with Gasteiger partial charge in [-0.3, -0.25) is 9.59 Å². The smallest absolute Gasteiger partial charge is 0.309 e. The van der Waals surface area contributed by atoms with Gasteiger partial charge in [0.2, 0.25) is 0 Å². The molecule has 0 saturated heterocycles. The first-order valence-corrected chi connectivity index (χ1v) is 10.4. The summed E-state index contributed by atoms with van der Waals surface area (Å²) >= 11 is 6.40. The number of carbonyl (C=O) groups is 1. The van der Waals surface area contributed by atoms with Crippen LogP contribution in [0.1, 0.15) is 52.4 Å². The zero-order valence-electron chi connectivity index (χ0n) is 15.9. The number of nitrogens with zero attached hydrogens (tertiary/aromatic N) is 2. The van der Waals surface area contributed by atoms with Crippen LogP contribution in [-0.4, -0.2) is 27.4 Å². The highest BCUT2D eigenvalue weighted by Crippen LogP contribution is 2.61. The molecule has 4 saturated carbocycles. The van der Waals surface area contributed by atoms with E-state index in [2.05, 4.69) is 24.3 Å². The van der Waals surface area contributed by atoms with E-state index in [4.69, 9.17) is 11.6 Å². The van der Waals surface area contributed by atoms with Crippen molar-refractivity contribution in [2.75, 3.05) is 11.9 Å². The maximum absolute atomic E-state index is 13.1. The molecule has 0 aliphatic heterocycles. The minimum atomic E-state index is -0.803. The first kappa shape index (κ1) is 18.8. The van der Waals surface area contributed by atoms with Gasteiger partial charge in [-0.1, -0.05) is 25.4 Å². The van der Waals surface area contributed by atoms with Crippen molar-refractivity contribution in [3.05, 3.63) is 21.6 Å². The second-order valence-electron chi connectivity index (χ2n) is 9.23. The van der Waals surface area contributed by atoms with E-state index in [1.807, 2.05) is 0 Å². The van der Waals surface area contributed by atoms with E-state index >= 15 is 0 Å². The molecule has 4 bridgehead atoms. The van der Waals surface area contributed by atoms with Gasteiger partial charge in [0.1, 0.15) is 5.02 Å². The molecule has 0 aromatic carbocycles. The van der Waals surface area contributed by atoms with E-state index in [1.165, 1.54) is 4.68 Å². The van der Waals surface area contributed by atoms with Crippen molar-refractivity contribution in [3.63, 3.8) is 0 Å². The third-order valence-electron chi connectivity index (χ3n) is 6.92. The second kappa shape index (κ2) is 6.80. The van der Waals surface area contributed by atoms with E-state index < -0.39 is 17.4 Å². The van der Waals surface area contributed by atoms with Crippen LogP contribution in [0.3, 0.4) is 0 Å². The number of rotatable bonds is 6. The van der Waals surface area contributed by atoms with Crippen LogP contribution in [-0.2, 0) is 10.3 Å². The van der Waals surface area contributed by atoms with Crippen molar-refractivity contribution < 1.29 is 9.90 Å². The molecule has 0 radical (unpaired) electrons. The van der Waals surface area contributed by atoms with Crippen LogP contribution in [0.15, 0.2) is 11.0 Å². The molecule has 1 heterocycles. The van der Waals surface area contributed by atoms with Gasteiger partial charge in [0.05, 0.1) is 23.3 Å². The van der Waals surface area contributed by atoms with Gasteiger partial charge in [-0.05, 0) is 62.2 Å². The van der Waals surface area contributed by atoms with Crippen LogP contribution < -0.4 is 10.9 Å². The molecule has 3 atom stereocenters. The maximum atomic E-state index is 13.1. The Kier molecular flexibility index (Phi) is 4.73. The van der Waals surface area contributed by atoms with Crippen molar-refractivity contribution in [3.8, 4) is 0 Å². The van der Waals surface area contributed by atoms with Crippen LogP contribution >= 0.6 is 11.6 Å². The first-order valence-electron chi connectivity index (χ1n) is 10.1. The molecular weight excluding hydrogens is 366 g/mol. The molecule has 1 aromatic heterocycles. The Morgan fingerprint density at radius 1 is 1.37 bits per heavy atom. The number of anilines is 1. The fourth-order valence-electron chi connectivity index (χ4n) is 6.10. The van der Waals surface area contributed by atoms with Gasteiger partial charge >= 0.3 is 5.97 Å². The van der Waals surface area contributed by atoms with E-state index in [9.17, 15) is 14.7 Å². The molecule has 4 aliphatic carbocycles. The van der Waals surface area contributed by atoms with E-state index in [-0.39, 0.29) is 16.5 Å². The van der Waals surface area contributed by atoms with Gasteiger partial charge in [0.25, 0.3) is 5.56 Å². The quantitative estimate of drug-likeness (QED) is 0.771. The lowest BCUT2D eigenvalue weighted by Crippen LogP contribution is -2.63. The van der Waals surface area contributed by atoms with Gasteiger partial charge in [-0.2, -0.15) is 5.10 Å². The normalized spacial score (nSPS) is 34.2. The average Bonchev–Trinajstić information content (AvgIpc) is 2.57. The van der Waals surface area contributed by atoms with Gasteiger partial charge in [-0.25, -0.2) is 4.68 Å². The second-order valence-corrected chi connectivity index (χ2v) is 9.60.